The van der Waals surface area contributed by atoms with Crippen molar-refractivity contribution in [3.05, 3.63) is 83.3 Å². The second-order valence-electron chi connectivity index (χ2n) is 9.12. The van der Waals surface area contributed by atoms with E-state index in [1.165, 1.54) is 23.0 Å². The molecule has 5 nitrogen and oxygen atoms in total. The maximum Gasteiger partial charge on any atom is 0.404 e. The van der Waals surface area contributed by atoms with Crippen molar-refractivity contribution < 1.29 is 14.3 Å². The molecule has 2 heterocycles. The summed E-state index contributed by atoms with van der Waals surface area (Å²) >= 11 is 1.41. The zero-order valence-corrected chi connectivity index (χ0v) is 18.7. The average Bonchev–Trinajstić information content (AvgIpc) is 3.75. The molecule has 1 amide bonds. The molecule has 2 saturated carbocycles. The number of aromatic nitrogens is 2. The van der Waals surface area contributed by atoms with E-state index in [9.17, 15) is 4.79 Å². The molecule has 0 unspecified atom stereocenters. The molecule has 2 aliphatic carbocycles. The minimum Gasteiger partial charge on any atom is -0.465 e. The van der Waals surface area contributed by atoms with E-state index in [2.05, 4.69) is 40.6 Å². The fourth-order valence-corrected chi connectivity index (χ4v) is 5.72. The van der Waals surface area contributed by atoms with E-state index in [-0.39, 0.29) is 16.6 Å². The molecular weight excluding hydrogens is 437 g/mol. The van der Waals surface area contributed by atoms with Gasteiger partial charge in [0.2, 0.25) is 0 Å². The number of nitrogens with one attached hydrogen (secondary N) is 1. The Morgan fingerprint density at radius 2 is 1.79 bits per heavy atom. The molecule has 0 spiro atoms. The molecule has 4 aromatic rings. The zero-order chi connectivity index (χ0) is 22.6. The van der Waals surface area contributed by atoms with E-state index in [0.717, 1.165) is 47.3 Å². The van der Waals surface area contributed by atoms with E-state index >= 15 is 4.39 Å². The predicted molar refractivity (Wildman–Crippen MR) is 126 cm³/mol. The molecule has 0 saturated heterocycles. The van der Waals surface area contributed by atoms with Gasteiger partial charge < -0.3 is 10.4 Å². The molecule has 0 aliphatic heterocycles. The highest BCUT2D eigenvalue weighted by atomic mass is 32.1. The fraction of sp³-hybridized carbons (Fsp3) is 0.269. The monoisotopic (exact) mass is 459 g/mol. The summed E-state index contributed by atoms with van der Waals surface area (Å²) in [6, 6.07) is 19.7. The number of amides is 1. The zero-order valence-electron chi connectivity index (χ0n) is 17.8. The minimum atomic E-state index is -1.06. The first-order valence-corrected chi connectivity index (χ1v) is 11.9. The van der Waals surface area contributed by atoms with Gasteiger partial charge in [-0.2, -0.15) is 0 Å². The molecular formula is C26H22FN3O2S. The molecule has 0 radical (unpaired) electrons. The number of benzene rings is 2. The summed E-state index contributed by atoms with van der Waals surface area (Å²) in [5, 5.41) is 12.0. The molecule has 33 heavy (non-hydrogen) atoms. The number of halogens is 1. The number of nitrogens with zero attached hydrogens (tertiary/aromatic N) is 2. The number of carboxylic acid groups (broad SMARTS) is 1. The first-order valence-electron chi connectivity index (χ1n) is 11.1. The van der Waals surface area contributed by atoms with Gasteiger partial charge in [-0.15, -0.1) is 0 Å². The second-order valence-corrected chi connectivity index (χ2v) is 10.1. The lowest BCUT2D eigenvalue weighted by atomic mass is 9.92. The molecule has 2 fully saturated rings. The summed E-state index contributed by atoms with van der Waals surface area (Å²) in [5.41, 5.74) is 4.08. The summed E-state index contributed by atoms with van der Waals surface area (Å²) in [4.78, 5) is 21.3. The maximum atomic E-state index is 15.1. The number of pyridine rings is 1. The largest absolute Gasteiger partial charge is 0.465 e. The van der Waals surface area contributed by atoms with Gasteiger partial charge in [0.05, 0.1) is 5.69 Å². The van der Waals surface area contributed by atoms with E-state index in [0.29, 0.717) is 17.1 Å². The van der Waals surface area contributed by atoms with Crippen LogP contribution in [0.1, 0.15) is 42.5 Å². The van der Waals surface area contributed by atoms with Crippen molar-refractivity contribution >= 4 is 27.8 Å². The van der Waals surface area contributed by atoms with E-state index < -0.39 is 6.09 Å². The summed E-state index contributed by atoms with van der Waals surface area (Å²) in [6.45, 7) is 0.304. The molecule has 0 bridgehead atoms. The van der Waals surface area contributed by atoms with Gasteiger partial charge in [0, 0.05) is 22.9 Å². The lowest BCUT2D eigenvalue weighted by molar-refractivity contribution is 0.193. The van der Waals surface area contributed by atoms with Crippen LogP contribution < -0.4 is 5.32 Å². The number of carbonyl (C=O) groups is 1. The smallest absolute Gasteiger partial charge is 0.404 e. The van der Waals surface area contributed by atoms with Crippen LogP contribution in [0.4, 0.5) is 9.18 Å². The first kappa shape index (κ1) is 20.3. The van der Waals surface area contributed by atoms with Crippen LogP contribution in [0.3, 0.4) is 0 Å². The minimum absolute atomic E-state index is 0.0188. The molecule has 166 valence electrons. The summed E-state index contributed by atoms with van der Waals surface area (Å²) in [7, 11) is 0. The van der Waals surface area contributed by atoms with Crippen molar-refractivity contribution in [2.75, 3.05) is 6.54 Å². The van der Waals surface area contributed by atoms with Crippen molar-refractivity contribution in [3.63, 3.8) is 0 Å². The Hall–Kier alpha value is -3.32. The Morgan fingerprint density at radius 3 is 2.45 bits per heavy atom. The van der Waals surface area contributed by atoms with Gasteiger partial charge in [0.1, 0.15) is 21.2 Å². The number of hydrogen-bond acceptors (Lipinski definition) is 4. The first-order chi connectivity index (χ1) is 16.0. The quantitative estimate of drug-likeness (QED) is 0.378. The molecule has 0 atom stereocenters. The molecule has 2 aromatic heterocycles. The van der Waals surface area contributed by atoms with Crippen molar-refractivity contribution in [1.82, 2.24) is 15.3 Å². The molecule has 7 heteroatoms. The standard InChI is InChI=1S/C26H22FN3O2S/c27-19-14-17(25(10-11-25)15-28-24(31)32)6-7-18(19)22-29-20-8-9-21(30-23(20)33-22)26(12-13-26)16-4-2-1-3-5-16/h1-9,14,28H,10-13,15H2,(H,31,32). The normalized spacial score (nSPS) is 17.6. The fourth-order valence-electron chi connectivity index (χ4n) is 4.76. The highest BCUT2D eigenvalue weighted by Gasteiger charge is 2.47. The van der Waals surface area contributed by atoms with Crippen LogP contribution in [0.5, 0.6) is 0 Å². The van der Waals surface area contributed by atoms with Crippen molar-refractivity contribution in [3.8, 4) is 10.6 Å². The van der Waals surface area contributed by atoms with Crippen LogP contribution in [-0.4, -0.2) is 27.7 Å². The van der Waals surface area contributed by atoms with E-state index in [4.69, 9.17) is 10.1 Å². The van der Waals surface area contributed by atoms with Crippen LogP contribution in [0.15, 0.2) is 60.7 Å². The van der Waals surface area contributed by atoms with E-state index in [1.54, 1.807) is 6.07 Å². The Labute approximate surface area is 194 Å². The topological polar surface area (TPSA) is 75.1 Å². The average molecular weight is 460 g/mol. The number of fused-ring (bicyclic) bond motifs is 1. The summed E-state index contributed by atoms with van der Waals surface area (Å²) < 4.78 is 15.1. The highest BCUT2D eigenvalue weighted by Crippen LogP contribution is 2.53. The molecule has 2 aromatic carbocycles. The van der Waals surface area contributed by atoms with Gasteiger partial charge in [0.15, 0.2) is 0 Å². The molecule has 6 rings (SSSR count). The van der Waals surface area contributed by atoms with Crippen LogP contribution >= 0.6 is 11.3 Å². The third-order valence-corrected chi connectivity index (χ3v) is 8.06. The predicted octanol–water partition coefficient (Wildman–Crippen LogP) is 5.88. The van der Waals surface area contributed by atoms with Crippen LogP contribution in [0.2, 0.25) is 0 Å². The number of thiazole rings is 1. The Balaban J connectivity index is 1.31. The summed E-state index contributed by atoms with van der Waals surface area (Å²) in [5.74, 6) is -0.337. The van der Waals surface area contributed by atoms with Crippen LogP contribution in [0, 0.1) is 5.82 Å². The lowest BCUT2D eigenvalue weighted by Crippen LogP contribution is -2.30. The van der Waals surface area contributed by atoms with Crippen molar-refractivity contribution in [2.24, 2.45) is 0 Å². The Kier molecular flexibility index (Phi) is 4.52. The number of rotatable bonds is 6. The van der Waals surface area contributed by atoms with Gasteiger partial charge >= 0.3 is 6.09 Å². The maximum absolute atomic E-state index is 15.1. The third-order valence-electron chi connectivity index (χ3n) is 7.07. The molecule has 2 N–H and O–H groups in total. The highest BCUT2D eigenvalue weighted by molar-refractivity contribution is 7.21. The van der Waals surface area contributed by atoms with Gasteiger partial charge in [0.25, 0.3) is 0 Å². The summed E-state index contributed by atoms with van der Waals surface area (Å²) in [6.07, 6.45) is 2.80. The van der Waals surface area contributed by atoms with Crippen LogP contribution in [0.25, 0.3) is 20.9 Å². The van der Waals surface area contributed by atoms with Gasteiger partial charge in [-0.1, -0.05) is 47.7 Å². The third kappa shape index (κ3) is 3.47. The lowest BCUT2D eigenvalue weighted by Gasteiger charge is -2.16. The van der Waals surface area contributed by atoms with Crippen molar-refractivity contribution in [1.29, 1.82) is 0 Å². The van der Waals surface area contributed by atoms with E-state index in [1.807, 2.05) is 18.2 Å². The second kappa shape index (κ2) is 7.35. The van der Waals surface area contributed by atoms with Gasteiger partial charge in [-0.3, -0.25) is 0 Å². The number of hydrogen-bond donors (Lipinski definition) is 2. The van der Waals surface area contributed by atoms with Gasteiger partial charge in [-0.05, 0) is 61.1 Å². The Morgan fingerprint density at radius 1 is 1.00 bits per heavy atom. The van der Waals surface area contributed by atoms with Gasteiger partial charge in [-0.25, -0.2) is 19.2 Å². The molecule has 2 aliphatic rings. The van der Waals surface area contributed by atoms with Crippen LogP contribution in [-0.2, 0) is 10.8 Å². The van der Waals surface area contributed by atoms with Crippen molar-refractivity contribution in [2.45, 2.75) is 36.5 Å². The SMILES string of the molecule is O=C(O)NCC1(c2ccc(-c3nc4ccc(C5(c6ccccc6)CC5)nc4s3)c(F)c2)CC1. The Bertz CT molecular complexity index is 1380.